The van der Waals surface area contributed by atoms with Crippen LogP contribution in [0.15, 0.2) is 84.9 Å². The molecule has 1 aliphatic rings. The van der Waals surface area contributed by atoms with Crippen LogP contribution in [-0.4, -0.2) is 33.5 Å². The van der Waals surface area contributed by atoms with E-state index >= 15 is 0 Å². The fourth-order valence-electron chi connectivity index (χ4n) is 4.93. The first-order valence-corrected chi connectivity index (χ1v) is 12.2. The van der Waals surface area contributed by atoms with Gasteiger partial charge in [-0.3, -0.25) is 5.11 Å². The van der Waals surface area contributed by atoms with Crippen molar-refractivity contribution in [3.63, 3.8) is 0 Å². The molecule has 5 rings (SSSR count). The molecule has 6 nitrogen and oxygen atoms in total. The number of nitrogens with one attached hydrogen (secondary N) is 1. The number of ether oxygens (including phenoxy) is 3. The predicted molar refractivity (Wildman–Crippen MR) is 142 cm³/mol. The Hall–Kier alpha value is -4.45. The molecule has 0 aromatic heterocycles. The Morgan fingerprint density at radius 3 is 2.19 bits per heavy atom. The molecule has 0 bridgehead atoms. The van der Waals surface area contributed by atoms with Crippen molar-refractivity contribution in [3.8, 4) is 39.5 Å². The molecule has 4 aromatic rings. The summed E-state index contributed by atoms with van der Waals surface area (Å²) in [4.78, 5) is 12.5. The predicted octanol–water partition coefficient (Wildman–Crippen LogP) is 6.60. The summed E-state index contributed by atoms with van der Waals surface area (Å²) >= 11 is 0. The van der Waals surface area contributed by atoms with Crippen LogP contribution in [0.25, 0.3) is 22.3 Å². The van der Waals surface area contributed by atoms with Crippen LogP contribution in [0.5, 0.6) is 17.2 Å². The van der Waals surface area contributed by atoms with Crippen molar-refractivity contribution in [1.82, 2.24) is 5.32 Å². The molecule has 0 aliphatic heterocycles. The quantitative estimate of drug-likeness (QED) is 0.300. The van der Waals surface area contributed by atoms with Gasteiger partial charge in [0, 0.05) is 29.7 Å². The van der Waals surface area contributed by atoms with Crippen molar-refractivity contribution in [2.45, 2.75) is 12.3 Å². The highest BCUT2D eigenvalue weighted by Gasteiger charge is 2.29. The fourth-order valence-corrected chi connectivity index (χ4v) is 4.93. The Morgan fingerprint density at radius 1 is 0.811 bits per heavy atom. The minimum absolute atomic E-state index is 0.00236. The van der Waals surface area contributed by atoms with Crippen LogP contribution in [0.1, 0.15) is 22.6 Å². The number of rotatable bonds is 8. The molecule has 0 atom stereocenters. The molecular weight excluding hydrogens is 466 g/mol. The van der Waals surface area contributed by atoms with Crippen molar-refractivity contribution in [3.05, 3.63) is 102 Å². The summed E-state index contributed by atoms with van der Waals surface area (Å²) in [6, 6.07) is 27.1. The molecule has 0 saturated heterocycles. The van der Waals surface area contributed by atoms with Crippen molar-refractivity contribution in [1.29, 1.82) is 0 Å². The maximum Gasteiger partial charge on any atom is 0.407 e. The van der Waals surface area contributed by atoms with Crippen LogP contribution in [0.4, 0.5) is 4.79 Å². The molecule has 0 unspecified atom stereocenters. The number of benzene rings is 4. The molecule has 1 N–H and O–H groups in total. The van der Waals surface area contributed by atoms with E-state index in [0.29, 0.717) is 23.5 Å². The van der Waals surface area contributed by atoms with Crippen LogP contribution in [-0.2, 0) is 16.3 Å². The first kappa shape index (κ1) is 24.3. The normalized spacial score (nSPS) is 11.9. The number of amides is 1. The third-order valence-electron chi connectivity index (χ3n) is 6.79. The van der Waals surface area contributed by atoms with E-state index in [1.165, 1.54) is 22.3 Å². The highest BCUT2D eigenvalue weighted by molar-refractivity contribution is 5.79. The van der Waals surface area contributed by atoms with Gasteiger partial charge in [0.1, 0.15) is 18.1 Å². The van der Waals surface area contributed by atoms with Gasteiger partial charge in [-0.2, -0.15) is 0 Å². The molecule has 0 saturated carbocycles. The maximum atomic E-state index is 12.5. The topological polar surface area (TPSA) is 76.7 Å². The van der Waals surface area contributed by atoms with E-state index in [0.717, 1.165) is 11.1 Å². The average molecular weight is 495 g/mol. The first-order chi connectivity index (χ1) is 18.1. The SMILES string of the molecule is COc1ccc(-c2ccc([O])c(CCNC(=O)OCC3c4ccccc4-c4ccccc43)c2)c(OC)c1. The van der Waals surface area contributed by atoms with Crippen LogP contribution in [0.3, 0.4) is 0 Å². The minimum Gasteiger partial charge on any atom is -0.497 e. The summed E-state index contributed by atoms with van der Waals surface area (Å²) in [5.74, 6) is 1.27. The molecule has 1 aliphatic carbocycles. The monoisotopic (exact) mass is 494 g/mol. The Bertz CT molecular complexity index is 1390. The second-order valence-electron chi connectivity index (χ2n) is 8.89. The number of fused-ring (bicyclic) bond motifs is 3. The number of carbonyl (C=O) groups is 1. The van der Waals surface area contributed by atoms with Gasteiger partial charge in [-0.05, 0) is 58.5 Å². The Kier molecular flexibility index (Phi) is 6.99. The molecular formula is C31H28NO5. The van der Waals surface area contributed by atoms with Crippen molar-refractivity contribution in [2.24, 2.45) is 0 Å². The van der Waals surface area contributed by atoms with Crippen molar-refractivity contribution >= 4 is 6.09 Å². The third-order valence-corrected chi connectivity index (χ3v) is 6.79. The second-order valence-corrected chi connectivity index (χ2v) is 8.89. The number of carbonyl (C=O) groups excluding carboxylic acids is 1. The van der Waals surface area contributed by atoms with Crippen molar-refractivity contribution < 1.29 is 24.1 Å². The van der Waals surface area contributed by atoms with Crippen molar-refractivity contribution in [2.75, 3.05) is 27.4 Å². The number of methoxy groups -OCH3 is 2. The number of hydrogen-bond acceptors (Lipinski definition) is 4. The van der Waals surface area contributed by atoms with Crippen LogP contribution in [0.2, 0.25) is 0 Å². The van der Waals surface area contributed by atoms with Gasteiger partial charge >= 0.3 is 6.09 Å². The number of alkyl carbamates (subject to hydrolysis) is 1. The molecule has 4 aromatic carbocycles. The zero-order valence-electron chi connectivity index (χ0n) is 20.8. The molecule has 1 amide bonds. The smallest absolute Gasteiger partial charge is 0.407 e. The molecule has 1 radical (unpaired) electrons. The zero-order chi connectivity index (χ0) is 25.8. The van der Waals surface area contributed by atoms with E-state index in [-0.39, 0.29) is 24.8 Å². The molecule has 0 heterocycles. The van der Waals surface area contributed by atoms with Gasteiger partial charge < -0.3 is 19.5 Å². The summed E-state index contributed by atoms with van der Waals surface area (Å²) < 4.78 is 16.4. The van der Waals surface area contributed by atoms with Crippen LogP contribution in [0, 0.1) is 0 Å². The molecule has 6 heteroatoms. The molecule has 0 fully saturated rings. The lowest BCUT2D eigenvalue weighted by Crippen LogP contribution is -2.28. The average Bonchev–Trinajstić information content (AvgIpc) is 3.26. The van der Waals surface area contributed by atoms with Gasteiger partial charge in [-0.15, -0.1) is 0 Å². The standard InChI is InChI=1S/C31H28NO5/c1-35-22-12-13-23(30(18-22)36-2)20-11-14-29(33)21(17-20)15-16-32-31(34)37-19-28-26-9-5-3-7-24(26)25-8-4-6-10-27(25)28/h3-14,17-18,28H,15-16,19H2,1-2H3,(H,32,34). The highest BCUT2D eigenvalue weighted by Crippen LogP contribution is 2.44. The van der Waals surface area contributed by atoms with E-state index in [4.69, 9.17) is 14.2 Å². The third kappa shape index (κ3) is 4.96. The number of hydrogen-bond donors (Lipinski definition) is 1. The van der Waals surface area contributed by atoms with Gasteiger partial charge in [0.15, 0.2) is 5.75 Å². The van der Waals surface area contributed by atoms with E-state index < -0.39 is 6.09 Å². The van der Waals surface area contributed by atoms with Gasteiger partial charge in [-0.1, -0.05) is 54.6 Å². The van der Waals surface area contributed by atoms with Gasteiger partial charge in [0.25, 0.3) is 0 Å². The summed E-state index contributed by atoms with van der Waals surface area (Å²) in [6.07, 6.45) is -0.114. The summed E-state index contributed by atoms with van der Waals surface area (Å²) in [5, 5.41) is 15.3. The Labute approximate surface area is 216 Å². The van der Waals surface area contributed by atoms with E-state index in [2.05, 4.69) is 29.6 Å². The Balaban J connectivity index is 1.21. The Morgan fingerprint density at radius 2 is 1.51 bits per heavy atom. The van der Waals surface area contributed by atoms with E-state index in [1.54, 1.807) is 32.4 Å². The lowest BCUT2D eigenvalue weighted by molar-refractivity contribution is 0.143. The maximum absolute atomic E-state index is 12.5. The molecule has 0 spiro atoms. The van der Waals surface area contributed by atoms with Crippen LogP contribution < -0.4 is 14.8 Å². The fraction of sp³-hybridized carbons (Fsp3) is 0.194. The molecule has 37 heavy (non-hydrogen) atoms. The summed E-state index contributed by atoms with van der Waals surface area (Å²) in [5.41, 5.74) is 7.02. The summed E-state index contributed by atoms with van der Waals surface area (Å²) in [6.45, 7) is 0.536. The van der Waals surface area contributed by atoms with E-state index in [1.807, 2.05) is 42.5 Å². The second kappa shape index (κ2) is 10.7. The van der Waals surface area contributed by atoms with E-state index in [9.17, 15) is 9.90 Å². The molecule has 187 valence electrons. The summed E-state index contributed by atoms with van der Waals surface area (Å²) in [7, 11) is 3.20. The lowest BCUT2D eigenvalue weighted by atomic mass is 9.98. The van der Waals surface area contributed by atoms with Gasteiger partial charge in [0.2, 0.25) is 0 Å². The first-order valence-electron chi connectivity index (χ1n) is 12.2. The largest absolute Gasteiger partial charge is 0.497 e. The highest BCUT2D eigenvalue weighted by atomic mass is 16.5. The lowest BCUT2D eigenvalue weighted by Gasteiger charge is -2.15. The minimum atomic E-state index is -0.498. The zero-order valence-corrected chi connectivity index (χ0v) is 20.8. The van der Waals surface area contributed by atoms with Gasteiger partial charge in [0.05, 0.1) is 14.2 Å². The van der Waals surface area contributed by atoms with Crippen LogP contribution >= 0.6 is 0 Å². The van der Waals surface area contributed by atoms with Gasteiger partial charge in [-0.25, -0.2) is 4.79 Å².